The number of hydrogen-bond acceptors (Lipinski definition) is 4. The molecule has 6 heteroatoms. The second-order valence-corrected chi connectivity index (χ2v) is 7.65. The van der Waals surface area contributed by atoms with Crippen molar-refractivity contribution in [1.82, 2.24) is 14.9 Å². The van der Waals surface area contributed by atoms with E-state index in [0.717, 1.165) is 15.6 Å². The maximum atomic E-state index is 13.5. The molecule has 1 amide bonds. The zero-order valence-corrected chi connectivity index (χ0v) is 15.7. The number of halogens is 1. The Labute approximate surface area is 150 Å². The van der Waals surface area contributed by atoms with Crippen LogP contribution in [0, 0.1) is 26.6 Å². The first-order valence-corrected chi connectivity index (χ1v) is 8.87. The van der Waals surface area contributed by atoms with Gasteiger partial charge < -0.3 is 4.90 Å². The van der Waals surface area contributed by atoms with E-state index >= 15 is 0 Å². The van der Waals surface area contributed by atoms with E-state index in [1.54, 1.807) is 42.3 Å². The molecule has 0 N–H and O–H groups in total. The summed E-state index contributed by atoms with van der Waals surface area (Å²) >= 11 is 1.63. The van der Waals surface area contributed by atoms with E-state index in [1.165, 1.54) is 12.1 Å². The number of aromatic nitrogens is 2. The van der Waals surface area contributed by atoms with Crippen molar-refractivity contribution in [2.45, 2.75) is 33.7 Å². The van der Waals surface area contributed by atoms with Gasteiger partial charge in [0.1, 0.15) is 5.82 Å². The number of carbonyl (C=O) groups excluding carboxylic acids is 1. The van der Waals surface area contributed by atoms with Gasteiger partial charge in [0, 0.05) is 29.1 Å². The first-order valence-electron chi connectivity index (χ1n) is 8.06. The van der Waals surface area contributed by atoms with Crippen molar-refractivity contribution in [1.29, 1.82) is 0 Å². The van der Waals surface area contributed by atoms with Crippen molar-refractivity contribution >= 4 is 28.1 Å². The summed E-state index contributed by atoms with van der Waals surface area (Å²) in [5.41, 5.74) is 2.62. The largest absolute Gasteiger partial charge is 0.333 e. The first-order chi connectivity index (χ1) is 11.8. The van der Waals surface area contributed by atoms with E-state index in [4.69, 9.17) is 0 Å². The lowest BCUT2D eigenvalue weighted by molar-refractivity contribution is 0.0741. The molecule has 1 atom stereocenters. The summed E-state index contributed by atoms with van der Waals surface area (Å²) in [4.78, 5) is 24.8. The number of rotatable bonds is 3. The van der Waals surface area contributed by atoms with Gasteiger partial charge in [-0.2, -0.15) is 0 Å². The minimum absolute atomic E-state index is 0.125. The Morgan fingerprint density at radius 1 is 1.20 bits per heavy atom. The molecule has 0 bridgehead atoms. The van der Waals surface area contributed by atoms with Gasteiger partial charge in [-0.05, 0) is 45.9 Å². The number of carbonyl (C=O) groups is 1. The maximum Gasteiger partial charge on any atom is 0.254 e. The lowest BCUT2D eigenvalue weighted by atomic mass is 10.1. The third-order valence-corrected chi connectivity index (χ3v) is 5.27. The van der Waals surface area contributed by atoms with E-state index in [1.807, 2.05) is 20.8 Å². The summed E-state index contributed by atoms with van der Waals surface area (Å²) in [5, 5.41) is 1.64. The predicted octanol–water partition coefficient (Wildman–Crippen LogP) is 4.59. The molecule has 0 fully saturated rings. The predicted molar refractivity (Wildman–Crippen MR) is 98.5 cm³/mol. The number of nitrogens with zero attached hydrogens (tertiary/aromatic N) is 3. The van der Waals surface area contributed by atoms with Crippen LogP contribution >= 0.6 is 11.3 Å². The van der Waals surface area contributed by atoms with Crippen molar-refractivity contribution in [3.8, 4) is 0 Å². The van der Waals surface area contributed by atoms with Gasteiger partial charge in [0.25, 0.3) is 5.91 Å². The molecular weight excluding hydrogens is 337 g/mol. The van der Waals surface area contributed by atoms with E-state index in [2.05, 4.69) is 9.97 Å². The Morgan fingerprint density at radius 3 is 2.56 bits per heavy atom. The molecule has 3 aromatic rings. The second kappa shape index (κ2) is 6.52. The highest BCUT2D eigenvalue weighted by atomic mass is 32.1. The molecule has 1 unspecified atom stereocenters. The molecule has 3 rings (SSSR count). The Bertz CT molecular complexity index is 961. The van der Waals surface area contributed by atoms with Gasteiger partial charge in [-0.15, -0.1) is 11.3 Å². The number of amides is 1. The average Bonchev–Trinajstić information content (AvgIpc) is 2.90. The van der Waals surface area contributed by atoms with Gasteiger partial charge in [-0.1, -0.05) is 0 Å². The van der Waals surface area contributed by atoms with Crippen LogP contribution in [0.2, 0.25) is 0 Å². The topological polar surface area (TPSA) is 46.1 Å². The van der Waals surface area contributed by atoms with Gasteiger partial charge in [0.15, 0.2) is 0 Å². The Balaban J connectivity index is 2.03. The molecule has 2 heterocycles. The molecule has 25 heavy (non-hydrogen) atoms. The van der Waals surface area contributed by atoms with Crippen molar-refractivity contribution in [3.05, 3.63) is 56.9 Å². The summed E-state index contributed by atoms with van der Waals surface area (Å²) in [6.07, 6.45) is 0. The Hall–Kier alpha value is -2.34. The van der Waals surface area contributed by atoms with Crippen LogP contribution in [0.5, 0.6) is 0 Å². The molecule has 0 spiro atoms. The fourth-order valence-electron chi connectivity index (χ4n) is 2.99. The molecule has 0 aliphatic carbocycles. The quantitative estimate of drug-likeness (QED) is 0.689. The molecule has 2 aromatic heterocycles. The first kappa shape index (κ1) is 17.5. The van der Waals surface area contributed by atoms with Crippen molar-refractivity contribution in [2.24, 2.45) is 0 Å². The molecule has 4 nitrogen and oxygen atoms in total. The van der Waals surface area contributed by atoms with Crippen LogP contribution in [0.4, 0.5) is 4.39 Å². The summed E-state index contributed by atoms with van der Waals surface area (Å²) < 4.78 is 13.5. The molecule has 0 saturated carbocycles. The third kappa shape index (κ3) is 3.26. The normalized spacial score (nSPS) is 12.4. The molecule has 0 saturated heterocycles. The fraction of sp³-hybridized carbons (Fsp3) is 0.316. The molecule has 0 radical (unpaired) electrons. The molecule has 1 aromatic carbocycles. The number of pyridine rings is 1. The molecule has 130 valence electrons. The Morgan fingerprint density at radius 2 is 1.92 bits per heavy atom. The van der Waals surface area contributed by atoms with Gasteiger partial charge in [-0.3, -0.25) is 9.78 Å². The minimum atomic E-state index is -0.362. The summed E-state index contributed by atoms with van der Waals surface area (Å²) in [6.45, 7) is 7.75. The second-order valence-electron chi connectivity index (χ2n) is 6.24. The summed E-state index contributed by atoms with van der Waals surface area (Å²) in [7, 11) is 1.77. The van der Waals surface area contributed by atoms with Crippen molar-refractivity contribution < 1.29 is 9.18 Å². The number of thiazole rings is 1. The van der Waals surface area contributed by atoms with Crippen LogP contribution in [0.25, 0.3) is 10.9 Å². The van der Waals surface area contributed by atoms with E-state index in [9.17, 15) is 9.18 Å². The van der Waals surface area contributed by atoms with Gasteiger partial charge in [-0.25, -0.2) is 9.37 Å². The van der Waals surface area contributed by atoms with Gasteiger partial charge >= 0.3 is 0 Å². The summed E-state index contributed by atoms with van der Waals surface area (Å²) in [6, 6.07) is 5.93. The monoisotopic (exact) mass is 357 g/mol. The SMILES string of the molecule is Cc1cc(C(=O)N(C)C(C)c2nc(C)sc2C)c2ccc(F)cc2n1. The number of benzene rings is 1. The van der Waals surface area contributed by atoms with Crippen LogP contribution in [0.1, 0.15) is 44.6 Å². The van der Waals surface area contributed by atoms with Gasteiger partial charge in [0.2, 0.25) is 0 Å². The molecule has 0 aliphatic heterocycles. The highest BCUT2D eigenvalue weighted by Gasteiger charge is 2.24. The molecule has 0 aliphatic rings. The van der Waals surface area contributed by atoms with E-state index in [-0.39, 0.29) is 17.8 Å². The standard InChI is InChI=1S/C19H20FN3OS/c1-10-8-16(15-7-6-14(20)9-17(15)21-10)19(24)23(5)11(2)18-12(3)25-13(4)22-18/h6-9,11H,1-5H3. The van der Waals surface area contributed by atoms with E-state index in [0.29, 0.717) is 22.2 Å². The number of aryl methyl sites for hydroxylation is 3. The highest BCUT2D eigenvalue weighted by Crippen LogP contribution is 2.28. The number of fused-ring (bicyclic) bond motifs is 1. The number of hydrogen-bond donors (Lipinski definition) is 0. The average molecular weight is 357 g/mol. The fourth-order valence-corrected chi connectivity index (χ4v) is 3.90. The van der Waals surface area contributed by atoms with Crippen LogP contribution in [-0.2, 0) is 0 Å². The lowest BCUT2D eigenvalue weighted by Crippen LogP contribution is -2.30. The molecular formula is C19H20FN3OS. The smallest absolute Gasteiger partial charge is 0.254 e. The van der Waals surface area contributed by atoms with Crippen LogP contribution in [-0.4, -0.2) is 27.8 Å². The van der Waals surface area contributed by atoms with Crippen LogP contribution in [0.15, 0.2) is 24.3 Å². The minimum Gasteiger partial charge on any atom is -0.333 e. The van der Waals surface area contributed by atoms with Crippen molar-refractivity contribution in [3.63, 3.8) is 0 Å². The van der Waals surface area contributed by atoms with Crippen molar-refractivity contribution in [2.75, 3.05) is 7.05 Å². The highest BCUT2D eigenvalue weighted by molar-refractivity contribution is 7.11. The zero-order chi connectivity index (χ0) is 18.3. The maximum absolute atomic E-state index is 13.5. The zero-order valence-electron chi connectivity index (χ0n) is 14.9. The lowest BCUT2D eigenvalue weighted by Gasteiger charge is -2.25. The van der Waals surface area contributed by atoms with Crippen LogP contribution in [0.3, 0.4) is 0 Å². The van der Waals surface area contributed by atoms with Gasteiger partial charge in [0.05, 0.1) is 27.8 Å². The van der Waals surface area contributed by atoms with Crippen LogP contribution < -0.4 is 0 Å². The Kier molecular flexibility index (Phi) is 4.56. The van der Waals surface area contributed by atoms with E-state index < -0.39 is 0 Å². The summed E-state index contributed by atoms with van der Waals surface area (Å²) in [5.74, 6) is -0.487. The third-order valence-electron chi connectivity index (χ3n) is 4.37.